The van der Waals surface area contributed by atoms with Gasteiger partial charge in [-0.3, -0.25) is 0 Å². The van der Waals surface area contributed by atoms with Gasteiger partial charge in [-0.1, -0.05) is 25.6 Å². The smallest absolute Gasteiger partial charge is 0.139 e. The van der Waals surface area contributed by atoms with E-state index in [2.05, 4.69) is 59.3 Å². The maximum absolute atomic E-state index is 9.88. The first-order chi connectivity index (χ1) is 14.1. The largest absolute Gasteiger partial charge is 0.378 e. The molecule has 160 valence electrons. The van der Waals surface area contributed by atoms with E-state index >= 15 is 0 Å². The molecule has 0 aliphatic heterocycles. The first-order valence-corrected chi connectivity index (χ1v) is 14.1. The number of ether oxygens (including phenoxy) is 1. The molecule has 0 unspecified atom stereocenters. The lowest BCUT2D eigenvalue weighted by molar-refractivity contribution is 0.0786. The van der Waals surface area contributed by atoms with Crippen molar-refractivity contribution in [1.29, 1.82) is 0 Å². The van der Waals surface area contributed by atoms with Crippen molar-refractivity contribution in [3.8, 4) is 23.0 Å². The van der Waals surface area contributed by atoms with Crippen LogP contribution in [0.2, 0.25) is 25.7 Å². The highest BCUT2D eigenvalue weighted by molar-refractivity contribution is 6.76. The minimum Gasteiger partial charge on any atom is -0.378 e. The molecule has 0 amide bonds. The van der Waals surface area contributed by atoms with Gasteiger partial charge in [0, 0.05) is 50.1 Å². The Morgan fingerprint density at radius 3 is 2.63 bits per heavy atom. The summed E-state index contributed by atoms with van der Waals surface area (Å²) in [5.74, 6) is 5.81. The standard InChI is InChI=1S/C23H32N4O2Si/c1-7-26-16-21(18-13-25-27(15-18)17-29-10-11-30(4,5)6)20-12-19(24-14-22(20)26)8-9-23(2,3)28/h12-16,28H,7,10-11,17H2,1-6H3. The molecule has 1 N–H and O–H groups in total. The number of aliphatic hydroxyl groups is 1. The van der Waals surface area contributed by atoms with Crippen molar-refractivity contribution >= 4 is 19.0 Å². The molecule has 3 aromatic rings. The van der Waals surface area contributed by atoms with E-state index in [1.165, 1.54) is 0 Å². The second-order valence-electron chi connectivity index (χ2n) is 9.34. The van der Waals surface area contributed by atoms with Gasteiger partial charge in [-0.05, 0) is 38.8 Å². The average molecular weight is 425 g/mol. The average Bonchev–Trinajstić information content (AvgIpc) is 3.26. The summed E-state index contributed by atoms with van der Waals surface area (Å²) >= 11 is 0. The third-order valence-electron chi connectivity index (χ3n) is 4.77. The zero-order valence-electron chi connectivity index (χ0n) is 18.9. The molecule has 3 heterocycles. The van der Waals surface area contributed by atoms with E-state index in [-0.39, 0.29) is 0 Å². The van der Waals surface area contributed by atoms with Crippen molar-refractivity contribution in [3.05, 3.63) is 36.5 Å². The van der Waals surface area contributed by atoms with Crippen LogP contribution in [0.1, 0.15) is 26.5 Å². The Bertz CT molecular complexity index is 1070. The monoisotopic (exact) mass is 424 g/mol. The van der Waals surface area contributed by atoms with Gasteiger partial charge in [-0.15, -0.1) is 0 Å². The fraction of sp³-hybridized carbons (Fsp3) is 0.478. The first kappa shape index (κ1) is 22.3. The van der Waals surface area contributed by atoms with Crippen LogP contribution in [0.3, 0.4) is 0 Å². The van der Waals surface area contributed by atoms with Crippen LogP contribution in [-0.2, 0) is 18.0 Å². The third-order valence-corrected chi connectivity index (χ3v) is 6.47. The second-order valence-corrected chi connectivity index (χ2v) is 15.0. The van der Waals surface area contributed by atoms with E-state index in [9.17, 15) is 5.11 Å². The summed E-state index contributed by atoms with van der Waals surface area (Å²) in [5.41, 5.74) is 2.77. The molecule has 0 spiro atoms. The number of fused-ring (bicyclic) bond motifs is 1. The summed E-state index contributed by atoms with van der Waals surface area (Å²) in [5, 5.41) is 15.4. The van der Waals surface area contributed by atoms with Crippen molar-refractivity contribution in [3.63, 3.8) is 0 Å². The summed E-state index contributed by atoms with van der Waals surface area (Å²) in [6.45, 7) is 14.6. The Balaban J connectivity index is 1.86. The van der Waals surface area contributed by atoms with Gasteiger partial charge in [0.2, 0.25) is 0 Å². The van der Waals surface area contributed by atoms with Gasteiger partial charge in [0.1, 0.15) is 18.0 Å². The predicted molar refractivity (Wildman–Crippen MR) is 124 cm³/mol. The molecule has 0 atom stereocenters. The normalized spacial score (nSPS) is 12.2. The minimum atomic E-state index is -1.09. The quantitative estimate of drug-likeness (QED) is 0.348. The highest BCUT2D eigenvalue weighted by Crippen LogP contribution is 2.30. The number of nitrogens with zero attached hydrogens (tertiary/aromatic N) is 4. The molecule has 3 aromatic heterocycles. The van der Waals surface area contributed by atoms with Crippen molar-refractivity contribution in [2.24, 2.45) is 0 Å². The summed E-state index contributed by atoms with van der Waals surface area (Å²) in [6.07, 6.45) is 7.87. The van der Waals surface area contributed by atoms with E-state index in [1.807, 2.05) is 29.3 Å². The van der Waals surface area contributed by atoms with Crippen molar-refractivity contribution in [1.82, 2.24) is 19.3 Å². The van der Waals surface area contributed by atoms with Gasteiger partial charge in [-0.25, -0.2) is 9.67 Å². The van der Waals surface area contributed by atoms with Gasteiger partial charge in [-0.2, -0.15) is 5.10 Å². The molecule has 0 fully saturated rings. The van der Waals surface area contributed by atoms with Gasteiger partial charge in [0.25, 0.3) is 0 Å². The lowest BCUT2D eigenvalue weighted by Gasteiger charge is -2.15. The summed E-state index contributed by atoms with van der Waals surface area (Å²) in [4.78, 5) is 4.46. The maximum atomic E-state index is 9.88. The zero-order valence-corrected chi connectivity index (χ0v) is 19.9. The van der Waals surface area contributed by atoms with Crippen LogP contribution in [-0.4, -0.2) is 44.7 Å². The molecule has 30 heavy (non-hydrogen) atoms. The highest BCUT2D eigenvalue weighted by atomic mass is 28.3. The number of hydrogen-bond donors (Lipinski definition) is 1. The van der Waals surface area contributed by atoms with Crippen LogP contribution in [0.25, 0.3) is 22.0 Å². The van der Waals surface area contributed by atoms with Crippen LogP contribution >= 0.6 is 0 Å². The number of aromatic nitrogens is 4. The topological polar surface area (TPSA) is 65.1 Å². The zero-order chi connectivity index (χ0) is 21.9. The Morgan fingerprint density at radius 2 is 1.97 bits per heavy atom. The van der Waals surface area contributed by atoms with E-state index < -0.39 is 13.7 Å². The Hall–Kier alpha value is -2.40. The Labute approximate surface area is 179 Å². The van der Waals surface area contributed by atoms with Crippen LogP contribution in [0, 0.1) is 11.8 Å². The molecule has 0 radical (unpaired) electrons. The molecular weight excluding hydrogens is 392 g/mol. The molecular formula is C23H32N4O2Si. The molecule has 0 saturated carbocycles. The first-order valence-electron chi connectivity index (χ1n) is 10.4. The summed E-state index contributed by atoms with van der Waals surface area (Å²) in [6, 6.07) is 3.13. The molecule has 6 nitrogen and oxygen atoms in total. The second kappa shape index (κ2) is 8.76. The van der Waals surface area contributed by atoms with Crippen molar-refractivity contribution in [2.45, 2.75) is 65.3 Å². The predicted octanol–water partition coefficient (Wildman–Crippen LogP) is 4.35. The van der Waals surface area contributed by atoms with Gasteiger partial charge in [0.05, 0.1) is 17.9 Å². The number of aryl methyl sites for hydroxylation is 1. The fourth-order valence-electron chi connectivity index (χ4n) is 3.07. The fourth-order valence-corrected chi connectivity index (χ4v) is 3.83. The SMILES string of the molecule is CCn1cc(-c2cnn(COCC[Si](C)(C)C)c2)c2cc(C#CC(C)(C)O)ncc21. The van der Waals surface area contributed by atoms with E-state index in [0.29, 0.717) is 12.4 Å². The van der Waals surface area contributed by atoms with Crippen LogP contribution in [0.15, 0.2) is 30.9 Å². The molecule has 0 bridgehead atoms. The van der Waals surface area contributed by atoms with Crippen LogP contribution in [0.5, 0.6) is 0 Å². The summed E-state index contributed by atoms with van der Waals surface area (Å²) < 4.78 is 9.83. The van der Waals surface area contributed by atoms with Crippen LogP contribution in [0.4, 0.5) is 0 Å². The van der Waals surface area contributed by atoms with Crippen molar-refractivity contribution in [2.75, 3.05) is 6.61 Å². The third kappa shape index (κ3) is 5.82. The molecule has 0 aromatic carbocycles. The van der Waals surface area contributed by atoms with Crippen molar-refractivity contribution < 1.29 is 9.84 Å². The number of hydrogen-bond acceptors (Lipinski definition) is 4. The van der Waals surface area contributed by atoms with E-state index in [4.69, 9.17) is 4.74 Å². The van der Waals surface area contributed by atoms with Gasteiger partial charge >= 0.3 is 0 Å². The van der Waals surface area contributed by atoms with Crippen LogP contribution < -0.4 is 0 Å². The molecule has 0 saturated heterocycles. The highest BCUT2D eigenvalue weighted by Gasteiger charge is 2.14. The summed E-state index contributed by atoms with van der Waals surface area (Å²) in [7, 11) is -1.09. The molecule has 0 aliphatic carbocycles. The lowest BCUT2D eigenvalue weighted by Crippen LogP contribution is -2.22. The minimum absolute atomic E-state index is 0.459. The van der Waals surface area contributed by atoms with E-state index in [1.54, 1.807) is 13.8 Å². The Kier molecular flexibility index (Phi) is 6.51. The number of pyridine rings is 1. The maximum Gasteiger partial charge on any atom is 0.139 e. The molecule has 0 aliphatic rings. The number of rotatable bonds is 7. The Morgan fingerprint density at radius 1 is 1.20 bits per heavy atom. The van der Waals surface area contributed by atoms with Gasteiger partial charge < -0.3 is 14.4 Å². The molecule has 7 heteroatoms. The van der Waals surface area contributed by atoms with E-state index in [0.717, 1.165) is 41.2 Å². The van der Waals surface area contributed by atoms with Gasteiger partial charge in [0.15, 0.2) is 0 Å². The molecule has 3 rings (SSSR count). The lowest BCUT2D eigenvalue weighted by atomic mass is 10.1.